The smallest absolute Gasteiger partial charge is 0.269 e. The van der Waals surface area contributed by atoms with E-state index in [-0.39, 0.29) is 11.6 Å². The number of non-ortho nitro benzene ring substituents is 1. The van der Waals surface area contributed by atoms with Gasteiger partial charge in [-0.3, -0.25) is 14.9 Å². The molecule has 1 aliphatic heterocycles. The van der Waals surface area contributed by atoms with Gasteiger partial charge in [0.1, 0.15) is 5.69 Å². The monoisotopic (exact) mass is 367 g/mol. The number of fused-ring (bicyclic) bond motifs is 1. The highest BCUT2D eigenvalue weighted by Crippen LogP contribution is 2.35. The SMILES string of the molecule is O=C1CSc2ccccc2N1Cc1cn(-c2ccc([N+](=O)[O-])cc2)nn1. The van der Waals surface area contributed by atoms with E-state index in [4.69, 9.17) is 0 Å². The first kappa shape index (κ1) is 16.3. The quantitative estimate of drug-likeness (QED) is 0.520. The predicted molar refractivity (Wildman–Crippen MR) is 96.4 cm³/mol. The number of thioether (sulfide) groups is 1. The molecule has 0 aliphatic carbocycles. The molecule has 0 bridgehead atoms. The summed E-state index contributed by atoms with van der Waals surface area (Å²) < 4.78 is 1.54. The van der Waals surface area contributed by atoms with Crippen LogP contribution >= 0.6 is 11.8 Å². The van der Waals surface area contributed by atoms with Crippen LogP contribution in [0.2, 0.25) is 0 Å². The van der Waals surface area contributed by atoms with E-state index < -0.39 is 4.92 Å². The Morgan fingerprint density at radius 1 is 1.15 bits per heavy atom. The average molecular weight is 367 g/mol. The van der Waals surface area contributed by atoms with Crippen LogP contribution < -0.4 is 4.90 Å². The Kier molecular flexibility index (Phi) is 4.13. The summed E-state index contributed by atoms with van der Waals surface area (Å²) in [6.07, 6.45) is 1.72. The molecule has 3 aromatic rings. The van der Waals surface area contributed by atoms with Gasteiger partial charge in [-0.1, -0.05) is 17.3 Å². The Morgan fingerprint density at radius 3 is 2.69 bits per heavy atom. The number of hydrogen-bond acceptors (Lipinski definition) is 6. The highest BCUT2D eigenvalue weighted by molar-refractivity contribution is 8.00. The van der Waals surface area contributed by atoms with Crippen LogP contribution in [0.3, 0.4) is 0 Å². The average Bonchev–Trinajstić information content (AvgIpc) is 3.13. The van der Waals surface area contributed by atoms with Crippen molar-refractivity contribution in [2.75, 3.05) is 10.7 Å². The van der Waals surface area contributed by atoms with Crippen molar-refractivity contribution in [2.24, 2.45) is 0 Å². The van der Waals surface area contributed by atoms with Gasteiger partial charge in [-0.15, -0.1) is 16.9 Å². The molecule has 0 radical (unpaired) electrons. The second-order valence-corrected chi connectivity index (χ2v) is 6.68. The largest absolute Gasteiger partial charge is 0.304 e. The van der Waals surface area contributed by atoms with E-state index >= 15 is 0 Å². The number of para-hydroxylation sites is 1. The molecule has 0 saturated heterocycles. The second kappa shape index (κ2) is 6.60. The number of nitrogens with zero attached hydrogens (tertiary/aromatic N) is 5. The number of anilines is 1. The summed E-state index contributed by atoms with van der Waals surface area (Å²) in [5.74, 6) is 0.423. The molecule has 0 saturated carbocycles. The number of rotatable bonds is 4. The summed E-state index contributed by atoms with van der Waals surface area (Å²) >= 11 is 1.53. The molecule has 1 amide bonds. The molecule has 0 unspecified atom stereocenters. The van der Waals surface area contributed by atoms with Gasteiger partial charge in [-0.05, 0) is 24.3 Å². The third-order valence-corrected chi connectivity index (χ3v) is 5.04. The Morgan fingerprint density at radius 2 is 1.92 bits per heavy atom. The molecule has 8 nitrogen and oxygen atoms in total. The molecule has 0 fully saturated rings. The maximum absolute atomic E-state index is 12.3. The van der Waals surface area contributed by atoms with E-state index in [9.17, 15) is 14.9 Å². The molecule has 0 spiro atoms. The molecule has 1 aromatic heterocycles. The fourth-order valence-electron chi connectivity index (χ4n) is 2.71. The lowest BCUT2D eigenvalue weighted by atomic mass is 10.2. The summed E-state index contributed by atoms with van der Waals surface area (Å²) in [5, 5.41) is 18.9. The standard InChI is InChI=1S/C17H13N5O3S/c23-17-11-26-16-4-2-1-3-15(16)20(17)9-12-10-21(19-18-12)13-5-7-14(8-6-13)22(24)25/h1-8,10H,9,11H2. The first-order valence-electron chi connectivity index (χ1n) is 7.80. The van der Waals surface area contributed by atoms with Crippen molar-refractivity contribution in [3.63, 3.8) is 0 Å². The number of nitro benzene ring substituents is 1. The lowest BCUT2D eigenvalue weighted by Gasteiger charge is -2.28. The molecule has 1 aliphatic rings. The number of benzene rings is 2. The van der Waals surface area contributed by atoms with Gasteiger partial charge < -0.3 is 4.90 Å². The number of amides is 1. The minimum atomic E-state index is -0.450. The van der Waals surface area contributed by atoms with Crippen molar-refractivity contribution in [2.45, 2.75) is 11.4 Å². The Bertz CT molecular complexity index is 986. The van der Waals surface area contributed by atoms with Gasteiger partial charge in [-0.2, -0.15) is 0 Å². The van der Waals surface area contributed by atoms with Crippen molar-refractivity contribution in [3.05, 3.63) is 70.5 Å². The van der Waals surface area contributed by atoms with Crippen molar-refractivity contribution < 1.29 is 9.72 Å². The van der Waals surface area contributed by atoms with Crippen LogP contribution in [-0.2, 0) is 11.3 Å². The Balaban J connectivity index is 1.57. The van der Waals surface area contributed by atoms with Gasteiger partial charge >= 0.3 is 0 Å². The lowest BCUT2D eigenvalue weighted by molar-refractivity contribution is -0.384. The third-order valence-electron chi connectivity index (χ3n) is 3.99. The molecule has 4 rings (SSSR count). The van der Waals surface area contributed by atoms with Crippen molar-refractivity contribution >= 4 is 29.0 Å². The van der Waals surface area contributed by atoms with Crippen LogP contribution in [0.25, 0.3) is 5.69 Å². The van der Waals surface area contributed by atoms with Gasteiger partial charge in [0, 0.05) is 17.0 Å². The number of carbonyl (C=O) groups excluding carboxylic acids is 1. The Hall–Kier alpha value is -3.20. The van der Waals surface area contributed by atoms with Crippen LogP contribution in [0.15, 0.2) is 59.6 Å². The zero-order valence-corrected chi connectivity index (χ0v) is 14.3. The number of hydrogen-bond donors (Lipinski definition) is 0. The van der Waals surface area contributed by atoms with Gasteiger partial charge in [0.25, 0.3) is 5.69 Å². The lowest BCUT2D eigenvalue weighted by Crippen LogP contribution is -2.34. The minimum absolute atomic E-state index is 0.0158. The zero-order valence-electron chi connectivity index (χ0n) is 13.5. The van der Waals surface area contributed by atoms with Crippen LogP contribution in [0.4, 0.5) is 11.4 Å². The fourth-order valence-corrected chi connectivity index (χ4v) is 3.65. The first-order valence-corrected chi connectivity index (χ1v) is 8.78. The summed E-state index contributed by atoms with van der Waals surface area (Å²) in [7, 11) is 0. The van der Waals surface area contributed by atoms with E-state index in [1.807, 2.05) is 24.3 Å². The Labute approximate surface area is 152 Å². The summed E-state index contributed by atoms with van der Waals surface area (Å²) in [6, 6.07) is 13.8. The van der Waals surface area contributed by atoms with Crippen molar-refractivity contribution in [3.8, 4) is 5.69 Å². The molecule has 2 aromatic carbocycles. The van der Waals surface area contributed by atoms with E-state index in [1.54, 1.807) is 23.2 Å². The number of carbonyl (C=O) groups is 1. The molecular weight excluding hydrogens is 354 g/mol. The summed E-state index contributed by atoms with van der Waals surface area (Å²) in [6.45, 7) is 0.323. The number of aromatic nitrogens is 3. The van der Waals surface area contributed by atoms with Gasteiger partial charge in [-0.25, -0.2) is 4.68 Å². The topological polar surface area (TPSA) is 94.2 Å². The summed E-state index contributed by atoms with van der Waals surface area (Å²) in [4.78, 5) is 25.4. The molecule has 0 N–H and O–H groups in total. The molecule has 2 heterocycles. The van der Waals surface area contributed by atoms with Gasteiger partial charge in [0.2, 0.25) is 5.91 Å². The van der Waals surface area contributed by atoms with Gasteiger partial charge in [0.05, 0.1) is 34.8 Å². The van der Waals surface area contributed by atoms with E-state index in [1.165, 1.54) is 28.6 Å². The van der Waals surface area contributed by atoms with E-state index in [0.29, 0.717) is 23.7 Å². The van der Waals surface area contributed by atoms with Crippen molar-refractivity contribution in [1.82, 2.24) is 15.0 Å². The zero-order chi connectivity index (χ0) is 18.1. The normalized spacial score (nSPS) is 13.5. The van der Waals surface area contributed by atoms with Crippen LogP contribution in [0, 0.1) is 10.1 Å². The van der Waals surface area contributed by atoms with E-state index in [2.05, 4.69) is 10.3 Å². The van der Waals surface area contributed by atoms with Gasteiger partial charge in [0.15, 0.2) is 0 Å². The second-order valence-electron chi connectivity index (χ2n) is 5.66. The maximum Gasteiger partial charge on any atom is 0.269 e. The maximum atomic E-state index is 12.3. The molecule has 130 valence electrons. The number of nitro groups is 1. The fraction of sp³-hybridized carbons (Fsp3) is 0.118. The predicted octanol–water partition coefficient (Wildman–Crippen LogP) is 2.81. The third kappa shape index (κ3) is 3.04. The highest BCUT2D eigenvalue weighted by atomic mass is 32.2. The summed E-state index contributed by atoms with van der Waals surface area (Å²) in [5.41, 5.74) is 2.19. The molecule has 26 heavy (non-hydrogen) atoms. The minimum Gasteiger partial charge on any atom is -0.304 e. The molecule has 9 heteroatoms. The molecular formula is C17H13N5O3S. The van der Waals surface area contributed by atoms with Crippen LogP contribution in [0.1, 0.15) is 5.69 Å². The van der Waals surface area contributed by atoms with E-state index in [0.717, 1.165) is 10.6 Å². The van der Waals surface area contributed by atoms with Crippen molar-refractivity contribution in [1.29, 1.82) is 0 Å². The first-order chi connectivity index (χ1) is 12.6. The highest BCUT2D eigenvalue weighted by Gasteiger charge is 2.25. The molecule has 0 atom stereocenters. The van der Waals surface area contributed by atoms with Crippen LogP contribution in [-0.4, -0.2) is 31.6 Å². The van der Waals surface area contributed by atoms with Crippen LogP contribution in [0.5, 0.6) is 0 Å².